The van der Waals surface area contributed by atoms with Crippen LogP contribution >= 0.6 is 0 Å². The number of ether oxygens (including phenoxy) is 2. The lowest BCUT2D eigenvalue weighted by atomic mass is 10.0. The van der Waals surface area contributed by atoms with E-state index in [1.165, 1.54) is 116 Å². The third-order valence-electron chi connectivity index (χ3n) is 13.0. The Kier molecular flexibility index (Phi) is 48.7. The molecule has 0 fully saturated rings. The lowest BCUT2D eigenvalue weighted by molar-refractivity contribution is -0.120. The molecule has 0 saturated heterocycles. The SMILES string of the molecule is CCCCCCCC/C=C\CCCCCCCCN(CCOCCOCCN(CCCCCCCC/C=C\CCCCCCCC)C[C@H](O)[C@@H](O)[C@H](O)[C@H](O)CO)C[C@H](O)[C@@H](O)[C@H](O)[C@H](O)CO. The monoisotopic (exact) mass is 977 g/mol. The molecule has 0 aromatic heterocycles. The van der Waals surface area contributed by atoms with Crippen molar-refractivity contribution in [3.05, 3.63) is 24.3 Å². The average molecular weight is 977 g/mol. The van der Waals surface area contributed by atoms with Gasteiger partial charge in [0.05, 0.1) is 51.8 Å². The van der Waals surface area contributed by atoms with Crippen molar-refractivity contribution in [1.82, 2.24) is 9.80 Å². The van der Waals surface area contributed by atoms with Crippen molar-refractivity contribution in [2.75, 3.05) is 78.9 Å². The van der Waals surface area contributed by atoms with E-state index in [1.807, 2.05) is 9.80 Å². The largest absolute Gasteiger partial charge is 0.394 e. The topological polar surface area (TPSA) is 227 Å². The second-order valence-electron chi connectivity index (χ2n) is 19.3. The van der Waals surface area contributed by atoms with Crippen LogP contribution in [0.25, 0.3) is 0 Å². The van der Waals surface area contributed by atoms with Crippen LogP contribution in [0.5, 0.6) is 0 Å². The van der Waals surface area contributed by atoms with Gasteiger partial charge in [0.15, 0.2) is 0 Å². The lowest BCUT2D eigenvalue weighted by Gasteiger charge is -2.30. The molecule has 0 aromatic carbocycles. The minimum Gasteiger partial charge on any atom is -0.394 e. The van der Waals surface area contributed by atoms with Gasteiger partial charge in [-0.1, -0.05) is 154 Å². The maximum absolute atomic E-state index is 10.7. The Hall–Kier alpha value is -1.08. The summed E-state index contributed by atoms with van der Waals surface area (Å²) in [6.45, 7) is 6.72. The molecule has 0 aliphatic carbocycles. The van der Waals surface area contributed by atoms with Gasteiger partial charge in [0, 0.05) is 26.2 Å². The summed E-state index contributed by atoms with van der Waals surface area (Å²) >= 11 is 0. The number of nitrogens with zero attached hydrogens (tertiary/aromatic N) is 2. The molecule has 14 nitrogen and oxygen atoms in total. The van der Waals surface area contributed by atoms with E-state index in [1.54, 1.807) is 0 Å². The van der Waals surface area contributed by atoms with Gasteiger partial charge in [-0.25, -0.2) is 0 Å². The highest BCUT2D eigenvalue weighted by molar-refractivity contribution is 4.85. The third kappa shape index (κ3) is 39.5. The van der Waals surface area contributed by atoms with E-state index in [-0.39, 0.29) is 13.1 Å². The highest BCUT2D eigenvalue weighted by Gasteiger charge is 2.32. The number of hydrogen-bond acceptors (Lipinski definition) is 14. The fraction of sp³-hybridized carbons (Fsp3) is 0.926. The molecule has 0 rings (SSSR count). The number of aliphatic hydroxyl groups is 10. The summed E-state index contributed by atoms with van der Waals surface area (Å²) in [5.41, 5.74) is 0. The van der Waals surface area contributed by atoms with E-state index < -0.39 is 62.0 Å². The molecule has 0 spiro atoms. The first-order chi connectivity index (χ1) is 33.0. The van der Waals surface area contributed by atoms with Crippen LogP contribution in [0.2, 0.25) is 0 Å². The van der Waals surface area contributed by atoms with Crippen LogP contribution < -0.4 is 0 Å². The minimum atomic E-state index is -1.68. The first-order valence-electron chi connectivity index (χ1n) is 27.6. The first-order valence-corrected chi connectivity index (χ1v) is 27.6. The van der Waals surface area contributed by atoms with Crippen molar-refractivity contribution in [3.8, 4) is 0 Å². The molecule has 0 aromatic rings. The van der Waals surface area contributed by atoms with Crippen molar-refractivity contribution in [1.29, 1.82) is 0 Å². The molecule has 0 unspecified atom stereocenters. The van der Waals surface area contributed by atoms with Crippen LogP contribution in [0, 0.1) is 0 Å². The summed E-state index contributed by atoms with van der Waals surface area (Å²) < 4.78 is 11.7. The van der Waals surface area contributed by atoms with E-state index in [2.05, 4.69) is 38.2 Å². The van der Waals surface area contributed by atoms with E-state index in [4.69, 9.17) is 9.47 Å². The van der Waals surface area contributed by atoms with Gasteiger partial charge >= 0.3 is 0 Å². The Morgan fingerprint density at radius 1 is 0.324 bits per heavy atom. The van der Waals surface area contributed by atoms with Gasteiger partial charge in [0.2, 0.25) is 0 Å². The average Bonchev–Trinajstić information content (AvgIpc) is 3.34. The zero-order valence-electron chi connectivity index (χ0n) is 43.4. The second kappa shape index (κ2) is 49.5. The number of allylic oxidation sites excluding steroid dienone is 4. The molecule has 0 amide bonds. The van der Waals surface area contributed by atoms with E-state index >= 15 is 0 Å². The number of unbranched alkanes of at least 4 members (excludes halogenated alkanes) is 24. The van der Waals surface area contributed by atoms with Gasteiger partial charge in [-0.15, -0.1) is 0 Å². The zero-order chi connectivity index (χ0) is 50.3. The highest BCUT2D eigenvalue weighted by Crippen LogP contribution is 2.15. The Morgan fingerprint density at radius 3 is 0.882 bits per heavy atom. The third-order valence-corrected chi connectivity index (χ3v) is 13.0. The molecule has 0 heterocycles. The van der Waals surface area contributed by atoms with Crippen molar-refractivity contribution in [2.24, 2.45) is 0 Å². The molecule has 8 atom stereocenters. The van der Waals surface area contributed by atoms with Gasteiger partial charge in [-0.3, -0.25) is 9.80 Å². The van der Waals surface area contributed by atoms with Gasteiger partial charge in [-0.2, -0.15) is 0 Å². The van der Waals surface area contributed by atoms with Crippen molar-refractivity contribution in [3.63, 3.8) is 0 Å². The maximum Gasteiger partial charge on any atom is 0.111 e. The molecular formula is C54H108N2O12. The van der Waals surface area contributed by atoms with Gasteiger partial charge in [-0.05, 0) is 77.3 Å². The molecule has 14 heteroatoms. The number of hydrogen-bond donors (Lipinski definition) is 10. The van der Waals surface area contributed by atoms with Crippen LogP contribution in [0.4, 0.5) is 0 Å². The maximum atomic E-state index is 10.7. The Bertz CT molecular complexity index is 1010. The predicted molar refractivity (Wildman–Crippen MR) is 276 cm³/mol. The molecule has 68 heavy (non-hydrogen) atoms. The zero-order valence-corrected chi connectivity index (χ0v) is 43.4. The number of rotatable bonds is 53. The molecule has 0 aliphatic rings. The summed E-state index contributed by atoms with van der Waals surface area (Å²) in [6.07, 6.45) is 30.6. The van der Waals surface area contributed by atoms with Crippen molar-refractivity contribution in [2.45, 2.75) is 242 Å². The first kappa shape index (κ1) is 66.9. The van der Waals surface area contributed by atoms with Crippen molar-refractivity contribution < 1.29 is 60.5 Å². The number of aliphatic hydroxyl groups excluding tert-OH is 10. The molecular weight excluding hydrogens is 869 g/mol. The summed E-state index contributed by atoms with van der Waals surface area (Å²) in [5.74, 6) is 0. The summed E-state index contributed by atoms with van der Waals surface area (Å²) in [6, 6.07) is 0. The Morgan fingerprint density at radius 2 is 0.588 bits per heavy atom. The van der Waals surface area contributed by atoms with Crippen LogP contribution in [-0.4, -0.2) is 189 Å². The molecule has 0 aliphatic heterocycles. The van der Waals surface area contributed by atoms with Crippen LogP contribution in [0.3, 0.4) is 0 Å². The molecule has 0 saturated carbocycles. The normalized spacial score (nSPS) is 16.0. The summed E-state index contributed by atoms with van der Waals surface area (Å²) in [4.78, 5) is 3.96. The quantitative estimate of drug-likeness (QED) is 0.0230. The predicted octanol–water partition coefficient (Wildman–Crippen LogP) is 6.57. The fourth-order valence-electron chi connectivity index (χ4n) is 8.34. The Labute approximate surface area is 414 Å². The van der Waals surface area contributed by atoms with E-state index in [0.717, 1.165) is 64.2 Å². The van der Waals surface area contributed by atoms with Gasteiger partial charge in [0.25, 0.3) is 0 Å². The molecule has 10 N–H and O–H groups in total. The standard InChI is InChI=1S/C54H108N2O12/c1-3-5-7-9-11-13-15-17-19-21-23-25-27-29-31-33-35-55(43-47(59)51(63)53(65)49(61)45-57)37-39-67-41-42-68-40-38-56(44-48(60)52(64)54(66)50(62)46-58)36-34-32-30-28-26-24-22-20-18-16-14-12-10-8-6-4-2/h17-20,47-54,57-66H,3-16,21-46H2,1-2H3/b19-17-,20-18-/t47-,48-,49+,50+,51+,52+,53+,54+/m0/s1. The molecule has 0 bridgehead atoms. The molecule has 406 valence electrons. The summed E-state index contributed by atoms with van der Waals surface area (Å²) in [5, 5.41) is 101. The van der Waals surface area contributed by atoms with Crippen molar-refractivity contribution >= 4 is 0 Å². The molecule has 0 radical (unpaired) electrons. The minimum absolute atomic E-state index is 0.0602. The van der Waals surface area contributed by atoms with Gasteiger partial charge in [0.1, 0.15) is 36.6 Å². The summed E-state index contributed by atoms with van der Waals surface area (Å²) in [7, 11) is 0. The fourth-order valence-corrected chi connectivity index (χ4v) is 8.34. The Balaban J connectivity index is 4.75. The van der Waals surface area contributed by atoms with Crippen LogP contribution in [0.1, 0.15) is 194 Å². The smallest absolute Gasteiger partial charge is 0.111 e. The second-order valence-corrected chi connectivity index (χ2v) is 19.3. The lowest BCUT2D eigenvalue weighted by Crippen LogP contribution is -2.50. The van der Waals surface area contributed by atoms with Crippen LogP contribution in [-0.2, 0) is 9.47 Å². The highest BCUT2D eigenvalue weighted by atomic mass is 16.5. The van der Waals surface area contributed by atoms with E-state index in [0.29, 0.717) is 52.6 Å². The van der Waals surface area contributed by atoms with Gasteiger partial charge < -0.3 is 60.5 Å². The van der Waals surface area contributed by atoms with E-state index in [9.17, 15) is 51.1 Å². The van der Waals surface area contributed by atoms with Crippen LogP contribution in [0.15, 0.2) is 24.3 Å².